The molecular formula is C18H22N2O. The summed E-state index contributed by atoms with van der Waals surface area (Å²) in [5, 5.41) is 0. The third kappa shape index (κ3) is 3.30. The van der Waals surface area contributed by atoms with Gasteiger partial charge in [-0.3, -0.25) is 0 Å². The van der Waals surface area contributed by atoms with Gasteiger partial charge in [-0.25, -0.2) is 0 Å². The standard InChI is InChI=1S/C18H22N2O/c19-17-10-4-11-18-16(17)9-5-12-20(18)13-6-14-21-15-7-2-1-3-8-15/h1-4,7-8,10-11H,5-6,9,12-14,19H2. The van der Waals surface area contributed by atoms with Crippen LogP contribution in [0.2, 0.25) is 0 Å². The second-order valence-electron chi connectivity index (χ2n) is 5.45. The number of nitrogens with zero attached hydrogens (tertiary/aromatic N) is 1. The highest BCUT2D eigenvalue weighted by Crippen LogP contribution is 2.31. The fraction of sp³-hybridized carbons (Fsp3) is 0.333. The fourth-order valence-corrected chi connectivity index (χ4v) is 2.92. The highest BCUT2D eigenvalue weighted by atomic mass is 16.5. The van der Waals surface area contributed by atoms with Crippen molar-refractivity contribution in [3.05, 3.63) is 54.1 Å². The van der Waals surface area contributed by atoms with Gasteiger partial charge in [-0.2, -0.15) is 0 Å². The largest absolute Gasteiger partial charge is 0.494 e. The van der Waals surface area contributed by atoms with Gasteiger partial charge in [0, 0.05) is 24.5 Å². The zero-order valence-electron chi connectivity index (χ0n) is 12.3. The number of para-hydroxylation sites is 1. The van der Waals surface area contributed by atoms with Crippen LogP contribution in [-0.2, 0) is 6.42 Å². The SMILES string of the molecule is Nc1cccc2c1CCCN2CCCOc1ccccc1. The van der Waals surface area contributed by atoms with Gasteiger partial charge in [0.2, 0.25) is 0 Å². The molecule has 0 bridgehead atoms. The zero-order chi connectivity index (χ0) is 14.5. The Hall–Kier alpha value is -2.16. The molecule has 0 radical (unpaired) electrons. The summed E-state index contributed by atoms with van der Waals surface area (Å²) in [4.78, 5) is 2.43. The summed E-state index contributed by atoms with van der Waals surface area (Å²) in [5.41, 5.74) is 9.63. The van der Waals surface area contributed by atoms with Crippen LogP contribution in [0, 0.1) is 0 Å². The zero-order valence-corrected chi connectivity index (χ0v) is 12.3. The molecule has 0 aliphatic carbocycles. The van der Waals surface area contributed by atoms with Crippen molar-refractivity contribution in [2.24, 2.45) is 0 Å². The molecule has 0 fully saturated rings. The third-order valence-electron chi connectivity index (χ3n) is 3.97. The first-order valence-electron chi connectivity index (χ1n) is 7.65. The minimum absolute atomic E-state index is 0.748. The summed E-state index contributed by atoms with van der Waals surface area (Å²) in [5.74, 6) is 0.945. The van der Waals surface area contributed by atoms with Crippen LogP contribution in [0.15, 0.2) is 48.5 Å². The highest BCUT2D eigenvalue weighted by molar-refractivity contribution is 5.66. The molecule has 2 N–H and O–H groups in total. The maximum Gasteiger partial charge on any atom is 0.119 e. The van der Waals surface area contributed by atoms with Crippen molar-refractivity contribution in [1.82, 2.24) is 0 Å². The van der Waals surface area contributed by atoms with E-state index in [1.54, 1.807) is 0 Å². The van der Waals surface area contributed by atoms with Gasteiger partial charge in [0.1, 0.15) is 5.75 Å². The molecule has 0 amide bonds. The molecule has 1 heterocycles. The summed E-state index contributed by atoms with van der Waals surface area (Å²) in [6, 6.07) is 16.2. The van der Waals surface area contributed by atoms with Crippen molar-refractivity contribution in [3.63, 3.8) is 0 Å². The average molecular weight is 282 g/mol. The van der Waals surface area contributed by atoms with Crippen LogP contribution in [-0.4, -0.2) is 19.7 Å². The molecule has 0 spiro atoms. The Balaban J connectivity index is 1.54. The minimum Gasteiger partial charge on any atom is -0.494 e. The lowest BCUT2D eigenvalue weighted by Gasteiger charge is -2.32. The summed E-state index contributed by atoms with van der Waals surface area (Å²) < 4.78 is 5.76. The number of ether oxygens (including phenoxy) is 1. The van der Waals surface area contributed by atoms with Crippen LogP contribution in [0.5, 0.6) is 5.75 Å². The molecule has 0 aromatic heterocycles. The van der Waals surface area contributed by atoms with E-state index in [4.69, 9.17) is 10.5 Å². The van der Waals surface area contributed by atoms with E-state index in [-0.39, 0.29) is 0 Å². The Kier molecular flexibility index (Phi) is 4.29. The number of anilines is 2. The van der Waals surface area contributed by atoms with Gasteiger partial charge < -0.3 is 15.4 Å². The average Bonchev–Trinajstić information content (AvgIpc) is 2.53. The monoisotopic (exact) mass is 282 g/mol. The van der Waals surface area contributed by atoms with Crippen molar-refractivity contribution in [1.29, 1.82) is 0 Å². The second-order valence-corrected chi connectivity index (χ2v) is 5.45. The molecule has 3 rings (SSSR count). The van der Waals surface area contributed by atoms with Crippen LogP contribution in [0.4, 0.5) is 11.4 Å². The van der Waals surface area contributed by atoms with E-state index >= 15 is 0 Å². The van der Waals surface area contributed by atoms with Crippen LogP contribution >= 0.6 is 0 Å². The first kappa shape index (κ1) is 13.8. The van der Waals surface area contributed by atoms with E-state index in [1.165, 1.54) is 17.7 Å². The Morgan fingerprint density at radius 2 is 1.90 bits per heavy atom. The van der Waals surface area contributed by atoms with E-state index in [2.05, 4.69) is 11.0 Å². The van der Waals surface area contributed by atoms with Crippen molar-refractivity contribution < 1.29 is 4.74 Å². The van der Waals surface area contributed by atoms with Gasteiger partial charge in [0.05, 0.1) is 6.61 Å². The summed E-state index contributed by atoms with van der Waals surface area (Å²) in [6.45, 7) is 2.88. The van der Waals surface area contributed by atoms with Gasteiger partial charge in [-0.15, -0.1) is 0 Å². The van der Waals surface area contributed by atoms with Gasteiger partial charge in [0.15, 0.2) is 0 Å². The predicted molar refractivity (Wildman–Crippen MR) is 87.9 cm³/mol. The first-order valence-corrected chi connectivity index (χ1v) is 7.65. The van der Waals surface area contributed by atoms with E-state index < -0.39 is 0 Å². The highest BCUT2D eigenvalue weighted by Gasteiger charge is 2.17. The Morgan fingerprint density at radius 1 is 1.05 bits per heavy atom. The summed E-state index contributed by atoms with van der Waals surface area (Å²) >= 11 is 0. The van der Waals surface area contributed by atoms with Crippen molar-refractivity contribution in [3.8, 4) is 5.75 Å². The Morgan fingerprint density at radius 3 is 2.76 bits per heavy atom. The van der Waals surface area contributed by atoms with Crippen LogP contribution < -0.4 is 15.4 Å². The lowest BCUT2D eigenvalue weighted by molar-refractivity contribution is 0.311. The number of hydrogen-bond acceptors (Lipinski definition) is 3. The number of benzene rings is 2. The lowest BCUT2D eigenvalue weighted by Crippen LogP contribution is -2.31. The molecular weight excluding hydrogens is 260 g/mol. The molecule has 0 atom stereocenters. The summed E-state index contributed by atoms with van der Waals surface area (Å²) in [6.07, 6.45) is 3.29. The molecule has 21 heavy (non-hydrogen) atoms. The smallest absolute Gasteiger partial charge is 0.119 e. The van der Waals surface area contributed by atoms with Gasteiger partial charge in [0.25, 0.3) is 0 Å². The molecule has 0 saturated carbocycles. The third-order valence-corrected chi connectivity index (χ3v) is 3.97. The second kappa shape index (κ2) is 6.53. The lowest BCUT2D eigenvalue weighted by atomic mass is 10.00. The van der Waals surface area contributed by atoms with Crippen molar-refractivity contribution in [2.45, 2.75) is 19.3 Å². The Bertz CT molecular complexity index is 583. The summed E-state index contributed by atoms with van der Waals surface area (Å²) in [7, 11) is 0. The van der Waals surface area contributed by atoms with E-state index in [9.17, 15) is 0 Å². The van der Waals surface area contributed by atoms with Crippen LogP contribution in [0.25, 0.3) is 0 Å². The number of nitrogen functional groups attached to an aromatic ring is 1. The van der Waals surface area contributed by atoms with E-state index in [1.807, 2.05) is 42.5 Å². The molecule has 0 saturated heterocycles. The first-order chi connectivity index (χ1) is 10.3. The van der Waals surface area contributed by atoms with Crippen LogP contribution in [0.3, 0.4) is 0 Å². The topological polar surface area (TPSA) is 38.5 Å². The normalized spacial score (nSPS) is 13.8. The molecule has 2 aromatic rings. The van der Waals surface area contributed by atoms with Crippen molar-refractivity contribution >= 4 is 11.4 Å². The molecule has 3 heteroatoms. The van der Waals surface area contributed by atoms with Gasteiger partial charge >= 0.3 is 0 Å². The maximum absolute atomic E-state index is 6.08. The molecule has 0 unspecified atom stereocenters. The van der Waals surface area contributed by atoms with E-state index in [0.717, 1.165) is 44.0 Å². The van der Waals surface area contributed by atoms with Gasteiger partial charge in [-0.1, -0.05) is 24.3 Å². The minimum atomic E-state index is 0.748. The maximum atomic E-state index is 6.08. The number of fused-ring (bicyclic) bond motifs is 1. The molecule has 3 nitrogen and oxygen atoms in total. The fourth-order valence-electron chi connectivity index (χ4n) is 2.92. The molecule has 1 aliphatic heterocycles. The number of nitrogens with two attached hydrogens (primary N) is 1. The van der Waals surface area contributed by atoms with Gasteiger partial charge in [-0.05, 0) is 49.1 Å². The number of hydrogen-bond donors (Lipinski definition) is 1. The molecule has 1 aliphatic rings. The molecule has 2 aromatic carbocycles. The predicted octanol–water partition coefficient (Wildman–Crippen LogP) is 3.49. The Labute approximate surface area is 126 Å². The quantitative estimate of drug-likeness (QED) is 0.674. The van der Waals surface area contributed by atoms with E-state index in [0.29, 0.717) is 0 Å². The molecule has 110 valence electrons. The van der Waals surface area contributed by atoms with Crippen molar-refractivity contribution in [2.75, 3.05) is 30.3 Å². The van der Waals surface area contributed by atoms with Crippen LogP contribution in [0.1, 0.15) is 18.4 Å². The number of rotatable bonds is 5.